The predicted molar refractivity (Wildman–Crippen MR) is 113 cm³/mol. The van der Waals surface area contributed by atoms with Crippen molar-refractivity contribution in [3.05, 3.63) is 42.1 Å². The Morgan fingerprint density at radius 3 is 2.68 bits per heavy atom. The van der Waals surface area contributed by atoms with Crippen LogP contribution < -0.4 is 4.74 Å². The molecule has 2 aliphatic heterocycles. The van der Waals surface area contributed by atoms with Crippen LogP contribution in [0.2, 0.25) is 0 Å². The fourth-order valence-corrected chi connectivity index (χ4v) is 5.75. The summed E-state index contributed by atoms with van der Waals surface area (Å²) in [7, 11) is 0.113. The fraction of sp³-hybridized carbons (Fsp3) is 0.450. The molecule has 0 radical (unpaired) electrons. The first-order valence-electron chi connectivity index (χ1n) is 9.95. The van der Waals surface area contributed by atoms with Gasteiger partial charge in [0.1, 0.15) is 23.6 Å². The largest absolute Gasteiger partial charge is 0.497 e. The van der Waals surface area contributed by atoms with Gasteiger partial charge >= 0.3 is 0 Å². The van der Waals surface area contributed by atoms with Gasteiger partial charge in [-0.1, -0.05) is 0 Å². The molecule has 11 heteroatoms. The van der Waals surface area contributed by atoms with Crippen molar-refractivity contribution in [2.24, 2.45) is 12.5 Å². The number of ether oxygens (including phenoxy) is 1. The van der Waals surface area contributed by atoms with E-state index in [4.69, 9.17) is 4.74 Å². The molecule has 10 nitrogen and oxygen atoms in total. The van der Waals surface area contributed by atoms with Gasteiger partial charge < -0.3 is 19.2 Å². The van der Waals surface area contributed by atoms with Gasteiger partial charge in [0.05, 0.1) is 13.4 Å². The number of hydrogen-bond donors (Lipinski definition) is 1. The van der Waals surface area contributed by atoms with Gasteiger partial charge in [0, 0.05) is 55.5 Å². The van der Waals surface area contributed by atoms with E-state index in [1.807, 2.05) is 35.9 Å². The zero-order chi connectivity index (χ0) is 22.0. The fourth-order valence-electron chi connectivity index (χ4n) is 4.84. The first kappa shape index (κ1) is 20.0. The second-order valence-electron chi connectivity index (χ2n) is 8.57. The molecule has 1 N–H and O–H groups in total. The summed E-state index contributed by atoms with van der Waals surface area (Å²) >= 11 is 0. The number of aromatic nitrogens is 4. The number of hydrogen-bond acceptors (Lipinski definition) is 6. The molecule has 2 aromatic heterocycles. The summed E-state index contributed by atoms with van der Waals surface area (Å²) in [4.78, 5) is 18.1. The normalized spacial score (nSPS) is 21.0. The second-order valence-corrected chi connectivity index (χ2v) is 10.6. The highest BCUT2D eigenvalue weighted by atomic mass is 32.2. The lowest BCUT2D eigenvalue weighted by molar-refractivity contribution is 0.00377. The molecule has 2 aliphatic rings. The van der Waals surface area contributed by atoms with Crippen molar-refractivity contribution in [2.45, 2.75) is 5.92 Å². The zero-order valence-corrected chi connectivity index (χ0v) is 18.4. The summed E-state index contributed by atoms with van der Waals surface area (Å²) in [6.07, 6.45) is 2.84. The molecule has 164 valence electrons. The number of nitrogens with zero attached hydrogens (tertiary/aromatic N) is 5. The standard InChI is InChI=1S/C20H24N6O4S/c1-24-12-21-23-18(24)15-8-26(31(3,28)29)11-20(15)9-25(10-20)19(27)17-7-13-6-14(30-2)4-5-16(13)22-17/h4-7,12,15,22H,8-11H2,1-3H3. The van der Waals surface area contributed by atoms with E-state index in [0.29, 0.717) is 31.9 Å². The van der Waals surface area contributed by atoms with E-state index >= 15 is 0 Å². The Morgan fingerprint density at radius 2 is 2.03 bits per heavy atom. The van der Waals surface area contributed by atoms with Crippen molar-refractivity contribution in [1.82, 2.24) is 29.0 Å². The number of nitrogens with one attached hydrogen (secondary N) is 1. The number of carbonyl (C=O) groups is 1. The van der Waals surface area contributed by atoms with E-state index in [0.717, 1.165) is 22.5 Å². The number of H-pyrrole nitrogens is 1. The average Bonchev–Trinajstić information content (AvgIpc) is 3.40. The number of amides is 1. The average molecular weight is 445 g/mol. The molecule has 0 aliphatic carbocycles. The van der Waals surface area contributed by atoms with Crippen LogP contribution in [0.5, 0.6) is 5.75 Å². The Labute approximate surface area is 179 Å². The predicted octanol–water partition coefficient (Wildman–Crippen LogP) is 0.806. The SMILES string of the molecule is COc1ccc2[nH]c(C(=O)N3CC4(C3)CN(S(C)(=O)=O)CC4c3nncn3C)cc2c1. The van der Waals surface area contributed by atoms with Gasteiger partial charge in [0.25, 0.3) is 5.91 Å². The molecule has 31 heavy (non-hydrogen) atoms. The molecule has 2 fully saturated rings. The molecule has 5 rings (SSSR count). The van der Waals surface area contributed by atoms with E-state index in [2.05, 4.69) is 15.2 Å². The van der Waals surface area contributed by atoms with Gasteiger partial charge in [0.15, 0.2) is 0 Å². The molecule has 2 saturated heterocycles. The van der Waals surface area contributed by atoms with Crippen molar-refractivity contribution in [3.8, 4) is 5.75 Å². The number of fused-ring (bicyclic) bond motifs is 1. The molecule has 0 saturated carbocycles. The van der Waals surface area contributed by atoms with Gasteiger partial charge in [-0.05, 0) is 24.3 Å². The number of likely N-dealkylation sites (tertiary alicyclic amines) is 1. The maximum atomic E-state index is 13.1. The summed E-state index contributed by atoms with van der Waals surface area (Å²) < 4.78 is 33.0. The zero-order valence-electron chi connectivity index (χ0n) is 17.6. The Kier molecular flexibility index (Phi) is 4.38. The summed E-state index contributed by atoms with van der Waals surface area (Å²) in [6.45, 7) is 1.65. The highest BCUT2D eigenvalue weighted by Crippen LogP contribution is 2.49. The Hall–Kier alpha value is -2.92. The number of aryl methyl sites for hydroxylation is 1. The maximum Gasteiger partial charge on any atom is 0.270 e. The van der Waals surface area contributed by atoms with Gasteiger partial charge in [0.2, 0.25) is 10.0 Å². The molecule has 1 unspecified atom stereocenters. The van der Waals surface area contributed by atoms with Crippen LogP contribution in [-0.2, 0) is 17.1 Å². The van der Waals surface area contributed by atoms with E-state index < -0.39 is 10.0 Å². The summed E-state index contributed by atoms with van der Waals surface area (Å²) in [5, 5.41) is 9.10. The van der Waals surface area contributed by atoms with E-state index in [9.17, 15) is 13.2 Å². The minimum atomic E-state index is -3.35. The molecule has 1 amide bonds. The lowest BCUT2D eigenvalue weighted by atomic mass is 9.71. The highest BCUT2D eigenvalue weighted by Gasteiger charge is 2.58. The third kappa shape index (κ3) is 3.19. The molecule has 3 aromatic rings. The summed E-state index contributed by atoms with van der Waals surface area (Å²) in [5.74, 6) is 1.25. The molecule has 1 spiro atoms. The number of rotatable bonds is 4. The minimum absolute atomic E-state index is 0.102. The minimum Gasteiger partial charge on any atom is -0.497 e. The Morgan fingerprint density at radius 1 is 1.26 bits per heavy atom. The molecular weight excluding hydrogens is 420 g/mol. The molecule has 1 atom stereocenters. The summed E-state index contributed by atoms with van der Waals surface area (Å²) in [5.41, 5.74) is 1.00. The highest BCUT2D eigenvalue weighted by molar-refractivity contribution is 7.88. The number of benzene rings is 1. The number of methoxy groups -OCH3 is 1. The number of sulfonamides is 1. The van der Waals surface area contributed by atoms with E-state index in [-0.39, 0.29) is 17.2 Å². The molecule has 0 bridgehead atoms. The first-order chi connectivity index (χ1) is 14.7. The van der Waals surface area contributed by atoms with Crippen LogP contribution in [0, 0.1) is 5.41 Å². The van der Waals surface area contributed by atoms with Crippen molar-refractivity contribution in [3.63, 3.8) is 0 Å². The van der Waals surface area contributed by atoms with Crippen LogP contribution in [0.25, 0.3) is 10.9 Å². The maximum absolute atomic E-state index is 13.1. The van der Waals surface area contributed by atoms with Crippen molar-refractivity contribution >= 4 is 26.8 Å². The third-order valence-corrected chi connectivity index (χ3v) is 7.72. The van der Waals surface area contributed by atoms with Gasteiger partial charge in [-0.2, -0.15) is 0 Å². The number of carbonyl (C=O) groups excluding carboxylic acids is 1. The topological polar surface area (TPSA) is 113 Å². The van der Waals surface area contributed by atoms with Crippen LogP contribution in [0.4, 0.5) is 0 Å². The van der Waals surface area contributed by atoms with Crippen LogP contribution >= 0.6 is 0 Å². The quantitative estimate of drug-likeness (QED) is 0.637. The number of aromatic amines is 1. The van der Waals surface area contributed by atoms with Gasteiger partial charge in [-0.25, -0.2) is 12.7 Å². The third-order valence-electron chi connectivity index (χ3n) is 6.50. The summed E-state index contributed by atoms with van der Waals surface area (Å²) in [6, 6.07) is 7.43. The lowest BCUT2D eigenvalue weighted by Gasteiger charge is -2.50. The van der Waals surface area contributed by atoms with Crippen LogP contribution in [0.1, 0.15) is 22.2 Å². The smallest absolute Gasteiger partial charge is 0.270 e. The van der Waals surface area contributed by atoms with Gasteiger partial charge in [-0.3, -0.25) is 4.79 Å². The molecule has 4 heterocycles. The van der Waals surface area contributed by atoms with Crippen molar-refractivity contribution < 1.29 is 17.9 Å². The van der Waals surface area contributed by atoms with Gasteiger partial charge in [-0.15, -0.1) is 10.2 Å². The lowest BCUT2D eigenvalue weighted by Crippen LogP contribution is -2.61. The second kappa shape index (κ2) is 6.79. The van der Waals surface area contributed by atoms with E-state index in [1.54, 1.807) is 18.3 Å². The van der Waals surface area contributed by atoms with Crippen molar-refractivity contribution in [1.29, 1.82) is 0 Å². The van der Waals surface area contributed by atoms with Crippen LogP contribution in [0.3, 0.4) is 0 Å². The monoisotopic (exact) mass is 444 g/mol. The van der Waals surface area contributed by atoms with E-state index in [1.165, 1.54) is 10.6 Å². The van der Waals surface area contributed by atoms with Crippen LogP contribution in [0.15, 0.2) is 30.6 Å². The molecular formula is C20H24N6O4S. The molecule has 1 aromatic carbocycles. The Balaban J connectivity index is 1.40. The van der Waals surface area contributed by atoms with Crippen LogP contribution in [-0.4, -0.2) is 82.8 Å². The Bertz CT molecular complexity index is 1270. The first-order valence-corrected chi connectivity index (χ1v) is 11.8. The van der Waals surface area contributed by atoms with Crippen molar-refractivity contribution in [2.75, 3.05) is 39.5 Å².